The molecule has 0 bridgehead atoms. The number of sulfone groups is 1. The summed E-state index contributed by atoms with van der Waals surface area (Å²) in [6.45, 7) is 2.63. The number of aryl methyl sites for hydroxylation is 1. The normalized spacial score (nSPS) is 18.6. The predicted octanol–water partition coefficient (Wildman–Crippen LogP) is 0.795. The van der Waals surface area contributed by atoms with Gasteiger partial charge in [0.25, 0.3) is 0 Å². The van der Waals surface area contributed by atoms with E-state index in [0.717, 1.165) is 11.1 Å². The summed E-state index contributed by atoms with van der Waals surface area (Å²) in [5.74, 6) is 0.193. The van der Waals surface area contributed by atoms with Crippen LogP contribution in [0.4, 0.5) is 0 Å². The fraction of sp³-hybridized carbons (Fsp3) is 0.462. The number of hydrogen-bond donors (Lipinski definition) is 0. The molecule has 0 radical (unpaired) electrons. The Kier molecular flexibility index (Phi) is 3.71. The lowest BCUT2D eigenvalue weighted by Gasteiger charge is -2.27. The number of benzene rings is 1. The summed E-state index contributed by atoms with van der Waals surface area (Å²) in [4.78, 5) is 13.7. The Morgan fingerprint density at radius 1 is 1.22 bits per heavy atom. The molecule has 1 amide bonds. The van der Waals surface area contributed by atoms with Gasteiger partial charge in [-0.25, -0.2) is 8.42 Å². The smallest absolute Gasteiger partial charge is 0.227 e. The number of rotatable bonds is 2. The maximum absolute atomic E-state index is 12.1. The molecule has 0 aliphatic carbocycles. The molecule has 0 N–H and O–H groups in total. The molecule has 1 heterocycles. The van der Waals surface area contributed by atoms with Crippen LogP contribution in [0.1, 0.15) is 11.1 Å². The fourth-order valence-electron chi connectivity index (χ4n) is 2.04. The highest BCUT2D eigenvalue weighted by Gasteiger charge is 2.24. The first kappa shape index (κ1) is 13.1. The average molecular weight is 267 g/mol. The van der Waals surface area contributed by atoms with Gasteiger partial charge in [-0.1, -0.05) is 24.3 Å². The first-order valence-electron chi connectivity index (χ1n) is 6.01. The van der Waals surface area contributed by atoms with Crippen LogP contribution in [0.25, 0.3) is 0 Å². The molecule has 1 aromatic carbocycles. The van der Waals surface area contributed by atoms with Gasteiger partial charge in [-0.3, -0.25) is 4.79 Å². The summed E-state index contributed by atoms with van der Waals surface area (Å²) in [5.41, 5.74) is 2.10. The van der Waals surface area contributed by atoms with Gasteiger partial charge in [0, 0.05) is 13.1 Å². The molecular weight excluding hydrogens is 250 g/mol. The Balaban J connectivity index is 2.00. The lowest BCUT2D eigenvalue weighted by Crippen LogP contribution is -2.44. The highest BCUT2D eigenvalue weighted by Crippen LogP contribution is 2.11. The second kappa shape index (κ2) is 5.10. The van der Waals surface area contributed by atoms with Crippen molar-refractivity contribution in [2.24, 2.45) is 0 Å². The van der Waals surface area contributed by atoms with Gasteiger partial charge in [0.2, 0.25) is 5.91 Å². The van der Waals surface area contributed by atoms with Gasteiger partial charge in [0.1, 0.15) is 0 Å². The van der Waals surface area contributed by atoms with Gasteiger partial charge in [0.15, 0.2) is 9.84 Å². The first-order chi connectivity index (χ1) is 8.48. The van der Waals surface area contributed by atoms with Crippen molar-refractivity contribution in [3.8, 4) is 0 Å². The van der Waals surface area contributed by atoms with Crippen molar-refractivity contribution >= 4 is 15.7 Å². The molecule has 0 unspecified atom stereocenters. The molecule has 1 aliphatic rings. The van der Waals surface area contributed by atoms with Crippen LogP contribution in [0.2, 0.25) is 0 Å². The minimum absolute atomic E-state index is 0.0131. The van der Waals surface area contributed by atoms with Crippen LogP contribution in [-0.2, 0) is 21.1 Å². The molecule has 0 aromatic heterocycles. The van der Waals surface area contributed by atoms with Crippen LogP contribution < -0.4 is 0 Å². The molecule has 2 rings (SSSR count). The largest absolute Gasteiger partial charge is 0.340 e. The minimum atomic E-state index is -2.92. The van der Waals surface area contributed by atoms with Gasteiger partial charge >= 0.3 is 0 Å². The molecule has 1 aliphatic heterocycles. The minimum Gasteiger partial charge on any atom is -0.340 e. The Bertz CT molecular complexity index is 537. The van der Waals surface area contributed by atoms with Gasteiger partial charge in [-0.2, -0.15) is 0 Å². The summed E-state index contributed by atoms with van der Waals surface area (Å²) in [6, 6.07) is 7.77. The highest BCUT2D eigenvalue weighted by molar-refractivity contribution is 7.91. The fourth-order valence-corrected chi connectivity index (χ4v) is 3.25. The molecule has 0 saturated carbocycles. The van der Waals surface area contributed by atoms with Gasteiger partial charge in [0.05, 0.1) is 17.9 Å². The molecule has 18 heavy (non-hydrogen) atoms. The molecule has 98 valence electrons. The molecule has 0 spiro atoms. The molecular formula is C13H17NO3S. The van der Waals surface area contributed by atoms with Gasteiger partial charge < -0.3 is 4.90 Å². The molecule has 1 aromatic rings. The van der Waals surface area contributed by atoms with E-state index in [1.165, 1.54) is 0 Å². The van der Waals surface area contributed by atoms with Crippen molar-refractivity contribution in [1.29, 1.82) is 0 Å². The SMILES string of the molecule is Cc1ccccc1CC(=O)N1CCS(=O)(=O)CC1. The zero-order valence-electron chi connectivity index (χ0n) is 10.4. The summed E-state index contributed by atoms with van der Waals surface area (Å²) in [5, 5.41) is 0. The summed E-state index contributed by atoms with van der Waals surface area (Å²) in [6.07, 6.45) is 0.354. The van der Waals surface area contributed by atoms with E-state index in [4.69, 9.17) is 0 Å². The Morgan fingerprint density at radius 3 is 2.44 bits per heavy atom. The molecule has 1 saturated heterocycles. The van der Waals surface area contributed by atoms with Crippen molar-refractivity contribution in [3.05, 3.63) is 35.4 Å². The quantitative estimate of drug-likeness (QED) is 0.796. The van der Waals surface area contributed by atoms with Crippen molar-refractivity contribution in [1.82, 2.24) is 4.90 Å². The Labute approximate surface area is 108 Å². The molecule has 0 atom stereocenters. The van der Waals surface area contributed by atoms with Crippen molar-refractivity contribution in [3.63, 3.8) is 0 Å². The van der Waals surface area contributed by atoms with Crippen molar-refractivity contribution in [2.75, 3.05) is 24.6 Å². The standard InChI is InChI=1S/C13H17NO3S/c1-11-4-2-3-5-12(11)10-13(15)14-6-8-18(16,17)9-7-14/h2-5H,6-10H2,1H3. The van der Waals surface area contributed by atoms with Gasteiger partial charge in [-0.05, 0) is 18.1 Å². The number of carbonyl (C=O) groups is 1. The van der Waals surface area contributed by atoms with Crippen LogP contribution in [0.15, 0.2) is 24.3 Å². The summed E-state index contributed by atoms with van der Waals surface area (Å²) >= 11 is 0. The van der Waals surface area contributed by atoms with Crippen LogP contribution in [-0.4, -0.2) is 43.8 Å². The Morgan fingerprint density at radius 2 is 1.83 bits per heavy atom. The van der Waals surface area contributed by atoms with Crippen LogP contribution >= 0.6 is 0 Å². The maximum Gasteiger partial charge on any atom is 0.227 e. The zero-order valence-corrected chi connectivity index (χ0v) is 11.2. The van der Waals surface area contributed by atoms with E-state index >= 15 is 0 Å². The van der Waals surface area contributed by atoms with Crippen LogP contribution in [0, 0.1) is 6.92 Å². The lowest BCUT2D eigenvalue weighted by molar-refractivity contribution is -0.130. The third kappa shape index (κ3) is 3.10. The molecule has 1 fully saturated rings. The van der Waals surface area contributed by atoms with E-state index in [-0.39, 0.29) is 17.4 Å². The summed E-state index contributed by atoms with van der Waals surface area (Å²) in [7, 11) is -2.92. The predicted molar refractivity (Wildman–Crippen MR) is 70.1 cm³/mol. The monoisotopic (exact) mass is 267 g/mol. The number of hydrogen-bond acceptors (Lipinski definition) is 3. The molecule has 5 heteroatoms. The van der Waals surface area contributed by atoms with E-state index in [0.29, 0.717) is 19.5 Å². The second-order valence-corrected chi connectivity index (χ2v) is 6.94. The van der Waals surface area contributed by atoms with Crippen molar-refractivity contribution in [2.45, 2.75) is 13.3 Å². The van der Waals surface area contributed by atoms with Crippen LogP contribution in [0.5, 0.6) is 0 Å². The number of carbonyl (C=O) groups excluding carboxylic acids is 1. The highest BCUT2D eigenvalue weighted by atomic mass is 32.2. The van der Waals surface area contributed by atoms with Crippen LogP contribution in [0.3, 0.4) is 0 Å². The second-order valence-electron chi connectivity index (χ2n) is 4.64. The average Bonchev–Trinajstić information content (AvgIpc) is 2.32. The van der Waals surface area contributed by atoms with E-state index < -0.39 is 9.84 Å². The number of amides is 1. The molecule has 4 nitrogen and oxygen atoms in total. The van der Waals surface area contributed by atoms with Crippen molar-refractivity contribution < 1.29 is 13.2 Å². The Hall–Kier alpha value is -1.36. The first-order valence-corrected chi connectivity index (χ1v) is 7.83. The van der Waals surface area contributed by atoms with E-state index in [1.807, 2.05) is 31.2 Å². The van der Waals surface area contributed by atoms with E-state index in [9.17, 15) is 13.2 Å². The third-order valence-corrected chi connectivity index (χ3v) is 4.91. The number of nitrogens with zero attached hydrogens (tertiary/aromatic N) is 1. The van der Waals surface area contributed by atoms with E-state index in [1.54, 1.807) is 4.90 Å². The van der Waals surface area contributed by atoms with Gasteiger partial charge in [-0.15, -0.1) is 0 Å². The lowest BCUT2D eigenvalue weighted by atomic mass is 10.1. The topological polar surface area (TPSA) is 54.5 Å². The third-order valence-electron chi connectivity index (χ3n) is 3.30. The van der Waals surface area contributed by atoms with E-state index in [2.05, 4.69) is 0 Å². The summed E-state index contributed by atoms with van der Waals surface area (Å²) < 4.78 is 22.6. The maximum atomic E-state index is 12.1. The zero-order chi connectivity index (χ0) is 13.2.